The zero-order valence-corrected chi connectivity index (χ0v) is 9.87. The summed E-state index contributed by atoms with van der Waals surface area (Å²) in [5, 5.41) is 2.85. The molecular formula is C12H14N4O2. The zero-order valence-electron chi connectivity index (χ0n) is 9.87. The van der Waals surface area contributed by atoms with Gasteiger partial charge in [-0.1, -0.05) is 0 Å². The summed E-state index contributed by atoms with van der Waals surface area (Å²) < 4.78 is 7.24. The molecule has 0 spiro atoms. The van der Waals surface area contributed by atoms with Crippen LogP contribution in [-0.2, 0) is 4.74 Å². The van der Waals surface area contributed by atoms with Crippen molar-refractivity contribution in [3.63, 3.8) is 0 Å². The van der Waals surface area contributed by atoms with E-state index in [0.29, 0.717) is 17.9 Å². The highest BCUT2D eigenvalue weighted by atomic mass is 16.5. The van der Waals surface area contributed by atoms with Crippen molar-refractivity contribution < 1.29 is 4.74 Å². The Bertz CT molecular complexity index is 635. The van der Waals surface area contributed by atoms with Gasteiger partial charge in [0.15, 0.2) is 5.65 Å². The SMILES string of the molecule is O=c1cc(N2CC3CCC(C2)O3)nc2cc[nH]n12. The van der Waals surface area contributed by atoms with Gasteiger partial charge in [-0.05, 0) is 12.8 Å². The van der Waals surface area contributed by atoms with Crippen LogP contribution in [0.5, 0.6) is 0 Å². The molecule has 0 aromatic carbocycles. The summed E-state index contributed by atoms with van der Waals surface area (Å²) in [4.78, 5) is 18.6. The summed E-state index contributed by atoms with van der Waals surface area (Å²) in [6.45, 7) is 1.67. The first-order chi connectivity index (χ1) is 8.79. The van der Waals surface area contributed by atoms with Crippen LogP contribution in [0.15, 0.2) is 23.1 Å². The van der Waals surface area contributed by atoms with Gasteiger partial charge in [0.25, 0.3) is 5.56 Å². The number of aromatic nitrogens is 3. The van der Waals surface area contributed by atoms with E-state index in [1.165, 1.54) is 4.52 Å². The maximum atomic E-state index is 11.9. The van der Waals surface area contributed by atoms with Gasteiger partial charge >= 0.3 is 0 Å². The predicted molar refractivity (Wildman–Crippen MR) is 65.9 cm³/mol. The molecular weight excluding hydrogens is 232 g/mol. The number of nitrogens with one attached hydrogen (secondary N) is 1. The molecule has 2 unspecified atom stereocenters. The maximum Gasteiger partial charge on any atom is 0.274 e. The fourth-order valence-electron chi connectivity index (χ4n) is 2.88. The second-order valence-electron chi connectivity index (χ2n) is 4.97. The van der Waals surface area contributed by atoms with E-state index >= 15 is 0 Å². The van der Waals surface area contributed by atoms with Gasteiger partial charge in [0.05, 0.1) is 12.2 Å². The third kappa shape index (κ3) is 1.45. The van der Waals surface area contributed by atoms with Crippen LogP contribution in [0, 0.1) is 0 Å². The Morgan fingerprint density at radius 2 is 2.11 bits per heavy atom. The van der Waals surface area contributed by atoms with E-state index in [4.69, 9.17) is 4.74 Å². The van der Waals surface area contributed by atoms with Crippen molar-refractivity contribution in [2.24, 2.45) is 0 Å². The van der Waals surface area contributed by atoms with E-state index in [9.17, 15) is 4.79 Å². The van der Waals surface area contributed by atoms with Crippen molar-refractivity contribution in [3.8, 4) is 0 Å². The number of H-pyrrole nitrogens is 1. The van der Waals surface area contributed by atoms with Crippen LogP contribution in [0.1, 0.15) is 12.8 Å². The number of morpholine rings is 1. The summed E-state index contributed by atoms with van der Waals surface area (Å²) in [5.41, 5.74) is 0.593. The Morgan fingerprint density at radius 1 is 1.33 bits per heavy atom. The summed E-state index contributed by atoms with van der Waals surface area (Å²) in [6, 6.07) is 3.40. The van der Waals surface area contributed by atoms with Gasteiger partial charge < -0.3 is 9.64 Å². The number of hydrogen-bond acceptors (Lipinski definition) is 4. The second kappa shape index (κ2) is 3.58. The minimum atomic E-state index is -0.0705. The molecule has 6 heteroatoms. The van der Waals surface area contributed by atoms with Gasteiger partial charge in [0, 0.05) is 31.4 Å². The van der Waals surface area contributed by atoms with Crippen LogP contribution in [-0.4, -0.2) is 39.9 Å². The van der Waals surface area contributed by atoms with Gasteiger partial charge in [-0.25, -0.2) is 9.50 Å². The number of anilines is 1. The average Bonchev–Trinajstić information content (AvgIpc) is 2.96. The van der Waals surface area contributed by atoms with E-state index in [-0.39, 0.29) is 5.56 Å². The molecule has 94 valence electrons. The summed E-state index contributed by atoms with van der Waals surface area (Å²) in [6.07, 6.45) is 4.56. The van der Waals surface area contributed by atoms with Crippen molar-refractivity contribution in [1.29, 1.82) is 0 Å². The first-order valence-electron chi connectivity index (χ1n) is 6.27. The minimum Gasteiger partial charge on any atom is -0.371 e. The molecule has 0 aliphatic carbocycles. The molecule has 2 fully saturated rings. The molecule has 2 bridgehead atoms. The molecule has 2 aromatic heterocycles. The molecule has 2 aromatic rings. The first kappa shape index (κ1) is 10.1. The first-order valence-corrected chi connectivity index (χ1v) is 6.27. The lowest BCUT2D eigenvalue weighted by molar-refractivity contribution is 0.0302. The molecule has 2 aliphatic heterocycles. The number of nitrogens with zero attached hydrogens (tertiary/aromatic N) is 3. The number of rotatable bonds is 1. The van der Waals surface area contributed by atoms with E-state index in [0.717, 1.165) is 31.7 Å². The highest BCUT2D eigenvalue weighted by Crippen LogP contribution is 2.28. The molecule has 4 rings (SSSR count). The number of hydrogen-bond donors (Lipinski definition) is 1. The molecule has 1 N–H and O–H groups in total. The molecule has 18 heavy (non-hydrogen) atoms. The Hall–Kier alpha value is -1.82. The Morgan fingerprint density at radius 3 is 2.89 bits per heavy atom. The normalized spacial score (nSPS) is 27.0. The Labute approximate surface area is 103 Å². The van der Waals surface area contributed by atoms with Crippen LogP contribution < -0.4 is 10.5 Å². The van der Waals surface area contributed by atoms with Crippen LogP contribution in [0.4, 0.5) is 5.82 Å². The Balaban J connectivity index is 1.76. The lowest BCUT2D eigenvalue weighted by atomic mass is 10.2. The van der Waals surface area contributed by atoms with Gasteiger partial charge in [0.2, 0.25) is 0 Å². The van der Waals surface area contributed by atoms with E-state index in [2.05, 4.69) is 15.0 Å². The summed E-state index contributed by atoms with van der Waals surface area (Å²) >= 11 is 0. The standard InChI is InChI=1S/C12H14N4O2/c17-12-5-11(14-10-3-4-13-16(10)12)15-6-8-1-2-9(7-15)18-8/h3-5,8-9,13H,1-2,6-7H2. The van der Waals surface area contributed by atoms with Crippen LogP contribution >= 0.6 is 0 Å². The number of fused-ring (bicyclic) bond motifs is 3. The van der Waals surface area contributed by atoms with Crippen molar-refractivity contribution in [2.45, 2.75) is 25.0 Å². The average molecular weight is 246 g/mol. The molecule has 2 saturated heterocycles. The van der Waals surface area contributed by atoms with Crippen LogP contribution in [0.3, 0.4) is 0 Å². The largest absolute Gasteiger partial charge is 0.371 e. The smallest absolute Gasteiger partial charge is 0.274 e. The fourth-order valence-corrected chi connectivity index (χ4v) is 2.88. The monoisotopic (exact) mass is 246 g/mol. The van der Waals surface area contributed by atoms with Gasteiger partial charge in [-0.15, -0.1) is 0 Å². The van der Waals surface area contributed by atoms with Gasteiger partial charge in [0.1, 0.15) is 5.82 Å². The zero-order chi connectivity index (χ0) is 12.1. The molecule has 0 radical (unpaired) electrons. The van der Waals surface area contributed by atoms with E-state index in [1.807, 2.05) is 0 Å². The van der Waals surface area contributed by atoms with Crippen molar-refractivity contribution in [1.82, 2.24) is 14.6 Å². The third-order valence-corrected chi connectivity index (χ3v) is 3.73. The second-order valence-corrected chi connectivity index (χ2v) is 4.97. The van der Waals surface area contributed by atoms with Crippen molar-refractivity contribution >= 4 is 11.5 Å². The van der Waals surface area contributed by atoms with Crippen LogP contribution in [0.2, 0.25) is 0 Å². The van der Waals surface area contributed by atoms with Gasteiger partial charge in [-0.3, -0.25) is 9.89 Å². The van der Waals surface area contributed by atoms with E-state index < -0.39 is 0 Å². The number of aromatic amines is 1. The minimum absolute atomic E-state index is 0.0705. The van der Waals surface area contributed by atoms with E-state index in [1.54, 1.807) is 18.3 Å². The molecule has 2 atom stereocenters. The van der Waals surface area contributed by atoms with Crippen molar-refractivity contribution in [2.75, 3.05) is 18.0 Å². The maximum absolute atomic E-state index is 11.9. The number of ether oxygens (including phenoxy) is 1. The highest BCUT2D eigenvalue weighted by Gasteiger charge is 2.34. The third-order valence-electron chi connectivity index (χ3n) is 3.73. The van der Waals surface area contributed by atoms with Crippen LogP contribution in [0.25, 0.3) is 5.65 Å². The van der Waals surface area contributed by atoms with Crippen molar-refractivity contribution in [3.05, 3.63) is 28.7 Å². The molecule has 6 nitrogen and oxygen atoms in total. The molecule has 2 aliphatic rings. The lowest BCUT2D eigenvalue weighted by Crippen LogP contribution is -2.43. The summed E-state index contributed by atoms with van der Waals surface area (Å²) in [7, 11) is 0. The topological polar surface area (TPSA) is 62.6 Å². The quantitative estimate of drug-likeness (QED) is 0.790. The highest BCUT2D eigenvalue weighted by molar-refractivity contribution is 5.48. The Kier molecular flexibility index (Phi) is 2.02. The molecule has 0 amide bonds. The van der Waals surface area contributed by atoms with Gasteiger partial charge in [-0.2, -0.15) is 0 Å². The molecule has 0 saturated carbocycles. The molecule has 4 heterocycles. The fraction of sp³-hybridized carbons (Fsp3) is 0.500. The summed E-state index contributed by atoms with van der Waals surface area (Å²) in [5.74, 6) is 0.764. The predicted octanol–water partition coefficient (Wildman–Crippen LogP) is 0.390. The lowest BCUT2D eigenvalue weighted by Gasteiger charge is -2.32.